The second-order valence-electron chi connectivity index (χ2n) is 10.2. The summed E-state index contributed by atoms with van der Waals surface area (Å²) in [5, 5.41) is 17.3. The first-order valence-electron chi connectivity index (χ1n) is 11.8. The van der Waals surface area contributed by atoms with E-state index in [2.05, 4.69) is 43.4 Å². The fraction of sp³-hybridized carbons (Fsp3) is 0.207. The van der Waals surface area contributed by atoms with Gasteiger partial charge in [-0.1, -0.05) is 50.2 Å². The predicted molar refractivity (Wildman–Crippen MR) is 138 cm³/mol. The van der Waals surface area contributed by atoms with Crippen LogP contribution in [0.25, 0.3) is 22.0 Å². The Balaban J connectivity index is 1.58. The highest BCUT2D eigenvalue weighted by atomic mass is 16.6. The number of rotatable bonds is 3. The number of ketones is 1. The lowest BCUT2D eigenvalue weighted by molar-refractivity contribution is -0.384. The number of nitro groups is 1. The number of allylic oxidation sites excluding steroid dienone is 1. The molecule has 3 aromatic carbocycles. The van der Waals surface area contributed by atoms with Gasteiger partial charge < -0.3 is 9.88 Å². The Morgan fingerprint density at radius 3 is 2.66 bits per heavy atom. The number of carbonyl (C=O) groups excluding carboxylic acids is 1. The minimum atomic E-state index is -0.379. The zero-order chi connectivity index (χ0) is 24.3. The average Bonchev–Trinajstić information content (AvgIpc) is 3.32. The molecule has 1 aliphatic carbocycles. The smallest absolute Gasteiger partial charge is 0.271 e. The number of carbonyl (C=O) groups is 1. The Morgan fingerprint density at radius 1 is 1.00 bits per heavy atom. The minimum Gasteiger partial charge on any atom is -0.373 e. The van der Waals surface area contributed by atoms with Crippen LogP contribution in [0.3, 0.4) is 0 Å². The van der Waals surface area contributed by atoms with Crippen molar-refractivity contribution in [2.75, 3.05) is 5.32 Å². The van der Waals surface area contributed by atoms with Crippen LogP contribution >= 0.6 is 0 Å². The lowest BCUT2D eigenvalue weighted by Gasteiger charge is -2.40. The molecule has 1 aromatic heterocycles. The summed E-state index contributed by atoms with van der Waals surface area (Å²) in [5.74, 6) is 0.175. The first-order valence-corrected chi connectivity index (χ1v) is 11.8. The van der Waals surface area contributed by atoms with Gasteiger partial charge in [-0.3, -0.25) is 14.9 Å². The predicted octanol–water partition coefficient (Wildman–Crippen LogP) is 6.85. The standard InChI is InChI=1S/C29H25N3O3/c1-29(2)16-22-27(25(33)17-29)26-21-10-4-3-7-18(21)12-13-23(26)30-28(22)24-11-6-14-31(24)19-8-5-9-20(15-19)32(34)35/h3-15,28,30H,16-17H2,1-2H3/t28-/m0/s1. The Hall–Kier alpha value is -4.19. The largest absolute Gasteiger partial charge is 0.373 e. The molecule has 0 bridgehead atoms. The number of anilines is 1. The van der Waals surface area contributed by atoms with E-state index in [4.69, 9.17) is 0 Å². The first-order chi connectivity index (χ1) is 16.8. The lowest BCUT2D eigenvalue weighted by Crippen LogP contribution is -2.33. The monoisotopic (exact) mass is 463 g/mol. The van der Waals surface area contributed by atoms with E-state index in [-0.39, 0.29) is 27.9 Å². The summed E-state index contributed by atoms with van der Waals surface area (Å²) in [5.41, 5.74) is 5.39. The van der Waals surface area contributed by atoms with Crippen LogP contribution in [-0.4, -0.2) is 15.3 Å². The van der Waals surface area contributed by atoms with Crippen molar-refractivity contribution in [3.05, 3.63) is 106 Å². The number of nitrogens with one attached hydrogen (secondary N) is 1. The van der Waals surface area contributed by atoms with Gasteiger partial charge >= 0.3 is 0 Å². The molecule has 6 nitrogen and oxygen atoms in total. The maximum atomic E-state index is 13.7. The van der Waals surface area contributed by atoms with Crippen LogP contribution in [0, 0.1) is 15.5 Å². The molecule has 6 rings (SSSR count). The molecule has 4 aromatic rings. The zero-order valence-corrected chi connectivity index (χ0v) is 19.6. The summed E-state index contributed by atoms with van der Waals surface area (Å²) in [6, 6.07) is 22.7. The minimum absolute atomic E-state index is 0.0458. The molecule has 174 valence electrons. The summed E-state index contributed by atoms with van der Waals surface area (Å²) in [6.07, 6.45) is 3.21. The number of nitro benzene ring substituents is 1. The van der Waals surface area contributed by atoms with Gasteiger partial charge in [0.25, 0.3) is 5.69 Å². The molecule has 6 heteroatoms. The van der Waals surface area contributed by atoms with Crippen LogP contribution in [0.2, 0.25) is 0 Å². The van der Waals surface area contributed by atoms with Crippen LogP contribution in [0.1, 0.15) is 44.0 Å². The molecule has 0 unspecified atom stereocenters. The zero-order valence-electron chi connectivity index (χ0n) is 19.6. The third-order valence-electron chi connectivity index (χ3n) is 7.13. The number of fused-ring (bicyclic) bond motifs is 4. The highest BCUT2D eigenvalue weighted by Crippen LogP contribution is 2.52. The van der Waals surface area contributed by atoms with Gasteiger partial charge in [0, 0.05) is 47.3 Å². The SMILES string of the molecule is CC1(C)CC(=O)C2=C(C1)[C@@H](c1cccn1-c1cccc([N+](=O)[O-])c1)Nc1ccc3ccccc3c12. The molecular formula is C29H25N3O3. The average molecular weight is 464 g/mol. The van der Waals surface area contributed by atoms with Crippen molar-refractivity contribution in [1.82, 2.24) is 4.57 Å². The Bertz CT molecular complexity index is 1560. The van der Waals surface area contributed by atoms with E-state index < -0.39 is 0 Å². The Labute approximate surface area is 203 Å². The number of hydrogen-bond acceptors (Lipinski definition) is 4. The number of hydrogen-bond donors (Lipinski definition) is 1. The normalized spacial score (nSPS) is 18.7. The molecular weight excluding hydrogens is 438 g/mol. The third-order valence-corrected chi connectivity index (χ3v) is 7.13. The second kappa shape index (κ2) is 7.67. The van der Waals surface area contributed by atoms with Crippen LogP contribution in [0.5, 0.6) is 0 Å². The van der Waals surface area contributed by atoms with Crippen molar-refractivity contribution < 1.29 is 9.72 Å². The Morgan fingerprint density at radius 2 is 1.83 bits per heavy atom. The van der Waals surface area contributed by atoms with Crippen molar-refractivity contribution >= 4 is 33.5 Å². The molecule has 1 N–H and O–H groups in total. The van der Waals surface area contributed by atoms with E-state index in [0.717, 1.165) is 45.3 Å². The highest BCUT2D eigenvalue weighted by Gasteiger charge is 2.41. The first kappa shape index (κ1) is 21.4. The summed E-state index contributed by atoms with van der Waals surface area (Å²) in [7, 11) is 0. The third kappa shape index (κ3) is 3.44. The maximum Gasteiger partial charge on any atom is 0.271 e. The molecule has 2 aliphatic rings. The van der Waals surface area contributed by atoms with E-state index in [9.17, 15) is 14.9 Å². The van der Waals surface area contributed by atoms with Crippen LogP contribution in [0.15, 0.2) is 84.6 Å². The number of aromatic nitrogens is 1. The number of nitrogens with zero attached hydrogens (tertiary/aromatic N) is 2. The van der Waals surface area contributed by atoms with Gasteiger partial charge in [0.2, 0.25) is 0 Å². The molecule has 1 aliphatic heterocycles. The van der Waals surface area contributed by atoms with Gasteiger partial charge in [-0.25, -0.2) is 0 Å². The van der Waals surface area contributed by atoms with Crippen molar-refractivity contribution in [2.45, 2.75) is 32.7 Å². The van der Waals surface area contributed by atoms with Gasteiger partial charge in [-0.05, 0) is 52.4 Å². The Kier molecular flexibility index (Phi) is 4.68. The number of non-ortho nitro benzene ring substituents is 1. The van der Waals surface area contributed by atoms with Gasteiger partial charge in [0.15, 0.2) is 5.78 Å². The second-order valence-corrected chi connectivity index (χ2v) is 10.2. The quantitative estimate of drug-likeness (QED) is 0.266. The van der Waals surface area contributed by atoms with Gasteiger partial charge in [0.05, 0.1) is 16.7 Å². The molecule has 0 spiro atoms. The fourth-order valence-corrected chi connectivity index (χ4v) is 5.69. The van der Waals surface area contributed by atoms with Crippen molar-refractivity contribution in [3.8, 4) is 5.69 Å². The van der Waals surface area contributed by atoms with Crippen LogP contribution < -0.4 is 5.32 Å². The van der Waals surface area contributed by atoms with Gasteiger partial charge in [-0.15, -0.1) is 0 Å². The molecule has 35 heavy (non-hydrogen) atoms. The number of Topliss-reactive ketones (excluding diaryl/α,β-unsaturated/α-hetero) is 1. The van der Waals surface area contributed by atoms with Crippen molar-refractivity contribution in [1.29, 1.82) is 0 Å². The van der Waals surface area contributed by atoms with Crippen molar-refractivity contribution in [3.63, 3.8) is 0 Å². The van der Waals surface area contributed by atoms with Crippen LogP contribution in [-0.2, 0) is 4.79 Å². The fourth-order valence-electron chi connectivity index (χ4n) is 5.69. The summed E-state index contributed by atoms with van der Waals surface area (Å²) in [4.78, 5) is 24.7. The molecule has 0 fully saturated rings. The lowest BCUT2D eigenvalue weighted by atomic mass is 9.68. The molecule has 0 saturated heterocycles. The summed E-state index contributed by atoms with van der Waals surface area (Å²) < 4.78 is 1.98. The summed E-state index contributed by atoms with van der Waals surface area (Å²) >= 11 is 0. The molecule has 0 radical (unpaired) electrons. The van der Waals surface area contributed by atoms with Gasteiger partial charge in [-0.2, -0.15) is 0 Å². The van der Waals surface area contributed by atoms with E-state index in [1.54, 1.807) is 12.1 Å². The van der Waals surface area contributed by atoms with E-state index in [1.165, 1.54) is 6.07 Å². The van der Waals surface area contributed by atoms with Crippen molar-refractivity contribution in [2.24, 2.45) is 5.41 Å². The molecule has 0 amide bonds. The number of benzene rings is 3. The molecule has 0 saturated carbocycles. The maximum absolute atomic E-state index is 13.7. The van der Waals surface area contributed by atoms with E-state index >= 15 is 0 Å². The van der Waals surface area contributed by atoms with Gasteiger partial charge in [0.1, 0.15) is 0 Å². The highest BCUT2D eigenvalue weighted by molar-refractivity contribution is 6.28. The summed E-state index contributed by atoms with van der Waals surface area (Å²) in [6.45, 7) is 4.29. The van der Waals surface area contributed by atoms with Crippen LogP contribution in [0.4, 0.5) is 11.4 Å². The molecule has 1 atom stereocenters. The van der Waals surface area contributed by atoms with E-state index in [0.29, 0.717) is 12.1 Å². The molecule has 2 heterocycles. The topological polar surface area (TPSA) is 77.2 Å². The van der Waals surface area contributed by atoms with E-state index in [1.807, 2.05) is 41.1 Å².